The zero-order valence-electron chi connectivity index (χ0n) is 12.4. The number of hydrogen-bond donors (Lipinski definition) is 0. The number of carbonyl (C=O) groups is 1. The molecule has 3 nitrogen and oxygen atoms in total. The van der Waals surface area contributed by atoms with Gasteiger partial charge in [0, 0.05) is 31.7 Å². The molecule has 0 N–H and O–H groups in total. The molecule has 3 rings (SSSR count). The molecular weight excluding hydrogens is 268 g/mol. The van der Waals surface area contributed by atoms with Gasteiger partial charge in [-0.15, -0.1) is 0 Å². The molecule has 2 atom stereocenters. The summed E-state index contributed by atoms with van der Waals surface area (Å²) in [5.41, 5.74) is 1.17. The molecule has 1 amide bonds. The maximum Gasteiger partial charge on any atom is 0.227 e. The molecule has 2 aliphatic rings. The lowest BCUT2D eigenvalue weighted by Crippen LogP contribution is -2.41. The zero-order chi connectivity index (χ0) is 14.1. The van der Waals surface area contributed by atoms with E-state index in [9.17, 15) is 4.79 Å². The van der Waals surface area contributed by atoms with Crippen molar-refractivity contribution in [1.29, 1.82) is 0 Å². The second-order valence-electron chi connectivity index (χ2n) is 6.50. The van der Waals surface area contributed by atoms with E-state index in [1.807, 2.05) is 0 Å². The van der Waals surface area contributed by atoms with Crippen molar-refractivity contribution in [1.82, 2.24) is 9.80 Å². The number of thiophene rings is 1. The van der Waals surface area contributed by atoms with Crippen molar-refractivity contribution < 1.29 is 4.79 Å². The van der Waals surface area contributed by atoms with E-state index >= 15 is 0 Å². The zero-order valence-corrected chi connectivity index (χ0v) is 13.2. The molecule has 2 saturated heterocycles. The second-order valence-corrected chi connectivity index (χ2v) is 7.28. The fourth-order valence-electron chi connectivity index (χ4n) is 3.75. The minimum absolute atomic E-state index is 0.322. The summed E-state index contributed by atoms with van der Waals surface area (Å²) in [5, 5.41) is 4.14. The van der Waals surface area contributed by atoms with Gasteiger partial charge >= 0.3 is 0 Å². The quantitative estimate of drug-likeness (QED) is 0.852. The van der Waals surface area contributed by atoms with Gasteiger partial charge in [-0.2, -0.15) is 11.3 Å². The van der Waals surface area contributed by atoms with Crippen molar-refractivity contribution >= 4 is 17.2 Å². The van der Waals surface area contributed by atoms with Crippen LogP contribution in [0.1, 0.15) is 32.3 Å². The van der Waals surface area contributed by atoms with Crippen LogP contribution >= 0.6 is 11.3 Å². The van der Waals surface area contributed by atoms with E-state index in [1.165, 1.54) is 12.1 Å². The molecule has 1 aromatic rings. The summed E-state index contributed by atoms with van der Waals surface area (Å²) in [5.74, 6) is 1.03. The normalized spacial score (nSPS) is 26.4. The number of amides is 1. The number of hydrogen-bond acceptors (Lipinski definition) is 3. The molecule has 0 bridgehead atoms. The Balaban J connectivity index is 1.61. The SMILES string of the molecule is CC(C)CN1CC[C@H]2[C@@H]1CCN2C(=O)Cc1ccsc1. The molecule has 0 aliphatic carbocycles. The Kier molecular flexibility index (Phi) is 4.13. The van der Waals surface area contributed by atoms with Crippen molar-refractivity contribution in [2.75, 3.05) is 19.6 Å². The van der Waals surface area contributed by atoms with Crippen LogP contribution in [0.2, 0.25) is 0 Å². The first-order chi connectivity index (χ1) is 9.65. The summed E-state index contributed by atoms with van der Waals surface area (Å²) in [6.45, 7) is 7.85. The molecule has 2 fully saturated rings. The minimum Gasteiger partial charge on any atom is -0.338 e. The predicted molar refractivity (Wildman–Crippen MR) is 83.0 cm³/mol. The topological polar surface area (TPSA) is 23.6 Å². The van der Waals surface area contributed by atoms with E-state index in [2.05, 4.69) is 40.5 Å². The van der Waals surface area contributed by atoms with E-state index < -0.39 is 0 Å². The van der Waals surface area contributed by atoms with Gasteiger partial charge in [-0.25, -0.2) is 0 Å². The molecule has 3 heterocycles. The van der Waals surface area contributed by atoms with Crippen LogP contribution in [0.4, 0.5) is 0 Å². The summed E-state index contributed by atoms with van der Waals surface area (Å²) >= 11 is 1.67. The fraction of sp³-hybridized carbons (Fsp3) is 0.688. The van der Waals surface area contributed by atoms with Gasteiger partial charge < -0.3 is 4.90 Å². The van der Waals surface area contributed by atoms with Crippen LogP contribution in [0.3, 0.4) is 0 Å². The molecule has 0 aromatic carbocycles. The predicted octanol–water partition coefficient (Wildman–Crippen LogP) is 2.62. The highest BCUT2D eigenvalue weighted by atomic mass is 32.1. The molecule has 0 radical (unpaired) electrons. The lowest BCUT2D eigenvalue weighted by molar-refractivity contribution is -0.131. The summed E-state index contributed by atoms with van der Waals surface area (Å²) in [6.07, 6.45) is 2.90. The van der Waals surface area contributed by atoms with Crippen LogP contribution < -0.4 is 0 Å². The van der Waals surface area contributed by atoms with Gasteiger partial charge in [0.05, 0.1) is 6.42 Å². The van der Waals surface area contributed by atoms with Gasteiger partial charge in [0.25, 0.3) is 0 Å². The number of rotatable bonds is 4. The standard InChI is InChI=1S/C16H24N2OS/c1-12(2)10-17-6-3-15-14(17)4-7-18(15)16(19)9-13-5-8-20-11-13/h5,8,11-12,14-15H,3-4,6-7,9-10H2,1-2H3/t14-,15-/m0/s1. The van der Waals surface area contributed by atoms with Gasteiger partial charge in [-0.3, -0.25) is 9.69 Å². The van der Waals surface area contributed by atoms with Gasteiger partial charge in [-0.05, 0) is 41.1 Å². The van der Waals surface area contributed by atoms with Gasteiger partial charge in [-0.1, -0.05) is 13.8 Å². The smallest absolute Gasteiger partial charge is 0.227 e. The molecule has 1 aromatic heterocycles. The van der Waals surface area contributed by atoms with E-state index in [1.54, 1.807) is 11.3 Å². The van der Waals surface area contributed by atoms with E-state index in [0.29, 0.717) is 30.3 Å². The molecule has 20 heavy (non-hydrogen) atoms. The molecular formula is C16H24N2OS. The van der Waals surface area contributed by atoms with Crippen LogP contribution in [0, 0.1) is 5.92 Å². The first-order valence-electron chi connectivity index (χ1n) is 7.69. The number of nitrogens with zero attached hydrogens (tertiary/aromatic N) is 2. The second kappa shape index (κ2) is 5.86. The fourth-order valence-corrected chi connectivity index (χ4v) is 4.42. The van der Waals surface area contributed by atoms with E-state index in [4.69, 9.17) is 0 Å². The van der Waals surface area contributed by atoms with Crippen molar-refractivity contribution in [3.05, 3.63) is 22.4 Å². The third-order valence-corrected chi connectivity index (χ3v) is 5.28. The van der Waals surface area contributed by atoms with E-state index in [0.717, 1.165) is 25.9 Å². The average Bonchev–Trinajstić information content (AvgIpc) is 3.06. The number of likely N-dealkylation sites (tertiary alicyclic amines) is 2. The third-order valence-electron chi connectivity index (χ3n) is 4.55. The molecule has 0 spiro atoms. The van der Waals surface area contributed by atoms with E-state index in [-0.39, 0.29) is 0 Å². The summed E-state index contributed by atoms with van der Waals surface area (Å²) in [7, 11) is 0. The summed E-state index contributed by atoms with van der Waals surface area (Å²) in [6, 6.07) is 3.15. The highest BCUT2D eigenvalue weighted by Gasteiger charge is 2.43. The highest BCUT2D eigenvalue weighted by Crippen LogP contribution is 2.32. The van der Waals surface area contributed by atoms with Crippen LogP contribution in [0.5, 0.6) is 0 Å². The van der Waals surface area contributed by atoms with Crippen molar-refractivity contribution in [3.8, 4) is 0 Å². The van der Waals surface area contributed by atoms with Crippen LogP contribution in [0.15, 0.2) is 16.8 Å². The van der Waals surface area contributed by atoms with Crippen molar-refractivity contribution in [2.45, 2.75) is 45.2 Å². The maximum atomic E-state index is 12.5. The number of fused-ring (bicyclic) bond motifs is 1. The summed E-state index contributed by atoms with van der Waals surface area (Å²) < 4.78 is 0. The third kappa shape index (κ3) is 2.77. The van der Waals surface area contributed by atoms with Crippen molar-refractivity contribution in [3.63, 3.8) is 0 Å². The largest absolute Gasteiger partial charge is 0.338 e. The molecule has 110 valence electrons. The van der Waals surface area contributed by atoms with Gasteiger partial charge in [0.2, 0.25) is 5.91 Å². The Bertz CT molecular complexity index is 457. The van der Waals surface area contributed by atoms with Crippen molar-refractivity contribution in [2.24, 2.45) is 5.92 Å². The first kappa shape index (κ1) is 14.1. The average molecular weight is 292 g/mol. The highest BCUT2D eigenvalue weighted by molar-refractivity contribution is 7.07. The minimum atomic E-state index is 0.322. The lowest BCUT2D eigenvalue weighted by Gasteiger charge is -2.26. The lowest BCUT2D eigenvalue weighted by atomic mass is 10.1. The molecule has 0 saturated carbocycles. The maximum absolute atomic E-state index is 12.5. The van der Waals surface area contributed by atoms with Gasteiger partial charge in [0.1, 0.15) is 0 Å². The Labute approximate surface area is 125 Å². The molecule has 0 unspecified atom stereocenters. The summed E-state index contributed by atoms with van der Waals surface area (Å²) in [4.78, 5) is 17.3. The van der Waals surface area contributed by atoms with Crippen LogP contribution in [-0.2, 0) is 11.2 Å². The Morgan fingerprint density at radius 3 is 2.85 bits per heavy atom. The monoisotopic (exact) mass is 292 g/mol. The van der Waals surface area contributed by atoms with Crippen LogP contribution in [0.25, 0.3) is 0 Å². The Morgan fingerprint density at radius 1 is 1.35 bits per heavy atom. The first-order valence-corrected chi connectivity index (χ1v) is 8.64. The molecule has 4 heteroatoms. The Morgan fingerprint density at radius 2 is 2.15 bits per heavy atom. The van der Waals surface area contributed by atoms with Crippen LogP contribution in [-0.4, -0.2) is 47.4 Å². The Hall–Kier alpha value is -0.870. The van der Waals surface area contributed by atoms with Gasteiger partial charge in [0.15, 0.2) is 0 Å². The number of carbonyl (C=O) groups excluding carboxylic acids is 1. The molecule has 2 aliphatic heterocycles.